The van der Waals surface area contributed by atoms with Crippen molar-refractivity contribution in [2.45, 2.75) is 13.0 Å². The minimum Gasteiger partial charge on any atom is -0.493 e. The van der Waals surface area contributed by atoms with E-state index in [-0.39, 0.29) is 37.1 Å². The number of methoxy groups -OCH3 is 3. The van der Waals surface area contributed by atoms with Gasteiger partial charge >= 0.3 is 0 Å². The van der Waals surface area contributed by atoms with Gasteiger partial charge in [-0.3, -0.25) is 9.59 Å². The second-order valence-electron chi connectivity index (χ2n) is 8.07. The number of carbonyl (C=O) groups excluding carboxylic acids is 2. The minimum atomic E-state index is -0.520. The number of pyridine rings is 1. The standard InChI is InChI=1S/C26H26FN3O6/c1-33-21-12-19(13-22(34-2)25(21)35-3)30-15-17(11-24(30)31)26(32)29-14-16-8-9-28-23(10-16)36-20-6-4-18(27)5-7-20/h4-10,12-13,17H,11,14-15H2,1-3H3,(H,29,32). The molecule has 1 fully saturated rings. The fraction of sp³-hybridized carbons (Fsp3) is 0.269. The monoisotopic (exact) mass is 495 g/mol. The third-order valence-corrected chi connectivity index (χ3v) is 5.76. The summed E-state index contributed by atoms with van der Waals surface area (Å²) >= 11 is 0. The zero-order chi connectivity index (χ0) is 25.7. The summed E-state index contributed by atoms with van der Waals surface area (Å²) in [4.78, 5) is 31.3. The highest BCUT2D eigenvalue weighted by atomic mass is 19.1. The maximum atomic E-state index is 13.1. The van der Waals surface area contributed by atoms with Crippen molar-refractivity contribution in [1.82, 2.24) is 10.3 Å². The van der Waals surface area contributed by atoms with E-state index in [0.29, 0.717) is 34.6 Å². The van der Waals surface area contributed by atoms with Gasteiger partial charge in [0.15, 0.2) is 11.5 Å². The SMILES string of the molecule is COc1cc(N2CC(C(=O)NCc3ccnc(Oc4ccc(F)cc4)c3)CC2=O)cc(OC)c1OC. The van der Waals surface area contributed by atoms with Crippen molar-refractivity contribution in [3.63, 3.8) is 0 Å². The van der Waals surface area contributed by atoms with Crippen molar-refractivity contribution in [1.29, 1.82) is 0 Å². The number of amides is 2. The van der Waals surface area contributed by atoms with Gasteiger partial charge in [-0.15, -0.1) is 0 Å². The van der Waals surface area contributed by atoms with E-state index in [4.69, 9.17) is 18.9 Å². The van der Waals surface area contributed by atoms with Crippen LogP contribution in [-0.4, -0.2) is 44.7 Å². The number of hydrogen-bond acceptors (Lipinski definition) is 7. The molecule has 188 valence electrons. The number of nitrogens with one attached hydrogen (secondary N) is 1. The Kier molecular flexibility index (Phi) is 7.53. The highest BCUT2D eigenvalue weighted by Crippen LogP contribution is 2.42. The molecular weight excluding hydrogens is 469 g/mol. The van der Waals surface area contributed by atoms with Crippen LogP contribution in [0, 0.1) is 11.7 Å². The van der Waals surface area contributed by atoms with Crippen LogP contribution in [0.15, 0.2) is 54.7 Å². The Bertz CT molecular complexity index is 1230. The lowest BCUT2D eigenvalue weighted by Crippen LogP contribution is -2.32. The Hall–Kier alpha value is -4.34. The Morgan fingerprint density at radius 3 is 2.39 bits per heavy atom. The second-order valence-corrected chi connectivity index (χ2v) is 8.07. The van der Waals surface area contributed by atoms with Crippen LogP contribution in [0.3, 0.4) is 0 Å². The van der Waals surface area contributed by atoms with Crippen LogP contribution in [0.2, 0.25) is 0 Å². The first-order valence-electron chi connectivity index (χ1n) is 11.2. The predicted octanol–water partition coefficient (Wildman–Crippen LogP) is 3.71. The molecule has 2 heterocycles. The maximum Gasteiger partial charge on any atom is 0.227 e. The van der Waals surface area contributed by atoms with Crippen LogP contribution >= 0.6 is 0 Å². The molecule has 1 unspecified atom stereocenters. The quantitative estimate of drug-likeness (QED) is 0.483. The molecule has 1 aliphatic rings. The third kappa shape index (κ3) is 5.48. The molecule has 4 rings (SSSR count). The molecule has 3 aromatic rings. The van der Waals surface area contributed by atoms with E-state index in [2.05, 4.69) is 10.3 Å². The number of hydrogen-bond donors (Lipinski definition) is 1. The molecule has 1 aliphatic heterocycles. The van der Waals surface area contributed by atoms with Gasteiger partial charge in [-0.05, 0) is 35.9 Å². The summed E-state index contributed by atoms with van der Waals surface area (Å²) < 4.78 is 34.8. The lowest BCUT2D eigenvalue weighted by Gasteiger charge is -2.20. The number of anilines is 1. The van der Waals surface area contributed by atoms with Crippen LogP contribution in [0.4, 0.5) is 10.1 Å². The number of carbonyl (C=O) groups is 2. The molecule has 1 saturated heterocycles. The summed E-state index contributed by atoms with van der Waals surface area (Å²) in [5.74, 6) is 0.728. The molecule has 2 aromatic carbocycles. The summed E-state index contributed by atoms with van der Waals surface area (Å²) in [7, 11) is 4.50. The van der Waals surface area contributed by atoms with E-state index in [1.807, 2.05) is 0 Å². The van der Waals surface area contributed by atoms with E-state index < -0.39 is 5.92 Å². The highest BCUT2D eigenvalue weighted by Gasteiger charge is 2.36. The predicted molar refractivity (Wildman–Crippen MR) is 129 cm³/mol. The molecule has 0 spiro atoms. The van der Waals surface area contributed by atoms with E-state index in [0.717, 1.165) is 5.56 Å². The summed E-state index contributed by atoms with van der Waals surface area (Å²) in [6, 6.07) is 12.4. The molecule has 1 N–H and O–H groups in total. The van der Waals surface area contributed by atoms with E-state index in [1.54, 1.807) is 30.5 Å². The number of rotatable bonds is 9. The average Bonchev–Trinajstić information content (AvgIpc) is 3.29. The van der Waals surface area contributed by atoms with Crippen molar-refractivity contribution < 1.29 is 32.9 Å². The Morgan fingerprint density at radius 2 is 1.75 bits per heavy atom. The van der Waals surface area contributed by atoms with Gasteiger partial charge in [-0.25, -0.2) is 9.37 Å². The van der Waals surface area contributed by atoms with Crippen molar-refractivity contribution in [2.24, 2.45) is 5.92 Å². The average molecular weight is 496 g/mol. The summed E-state index contributed by atoms with van der Waals surface area (Å²) in [5, 5.41) is 2.88. The minimum absolute atomic E-state index is 0.0811. The maximum absolute atomic E-state index is 13.1. The highest BCUT2D eigenvalue weighted by molar-refractivity contribution is 6.00. The van der Waals surface area contributed by atoms with Crippen molar-refractivity contribution >= 4 is 17.5 Å². The molecule has 0 saturated carbocycles. The lowest BCUT2D eigenvalue weighted by molar-refractivity contribution is -0.126. The first-order chi connectivity index (χ1) is 17.4. The van der Waals surface area contributed by atoms with E-state index >= 15 is 0 Å². The zero-order valence-electron chi connectivity index (χ0n) is 20.1. The first kappa shape index (κ1) is 24.8. The molecule has 9 nitrogen and oxygen atoms in total. The molecule has 10 heteroatoms. The largest absolute Gasteiger partial charge is 0.493 e. The van der Waals surface area contributed by atoms with Crippen LogP contribution in [0.1, 0.15) is 12.0 Å². The normalized spacial score (nSPS) is 14.9. The van der Waals surface area contributed by atoms with Crippen molar-refractivity contribution in [3.05, 3.63) is 66.1 Å². The second kappa shape index (κ2) is 10.9. The van der Waals surface area contributed by atoms with Gasteiger partial charge in [0.2, 0.25) is 23.4 Å². The molecule has 36 heavy (non-hydrogen) atoms. The molecule has 0 aliphatic carbocycles. The molecular formula is C26H26FN3O6. The lowest BCUT2D eigenvalue weighted by atomic mass is 10.1. The topological polar surface area (TPSA) is 99.2 Å². The Morgan fingerprint density at radius 1 is 1.06 bits per heavy atom. The van der Waals surface area contributed by atoms with Crippen LogP contribution in [-0.2, 0) is 16.1 Å². The van der Waals surface area contributed by atoms with Crippen molar-refractivity contribution in [3.8, 4) is 28.9 Å². The summed E-state index contributed by atoms with van der Waals surface area (Å²) in [6.07, 6.45) is 1.64. The zero-order valence-corrected chi connectivity index (χ0v) is 20.1. The van der Waals surface area contributed by atoms with Gasteiger partial charge in [0.25, 0.3) is 0 Å². The van der Waals surface area contributed by atoms with Crippen molar-refractivity contribution in [2.75, 3.05) is 32.8 Å². The van der Waals surface area contributed by atoms with Crippen LogP contribution < -0.4 is 29.2 Å². The molecule has 2 amide bonds. The molecule has 1 atom stereocenters. The van der Waals surface area contributed by atoms with Gasteiger partial charge in [-0.1, -0.05) is 0 Å². The van der Waals surface area contributed by atoms with E-state index in [9.17, 15) is 14.0 Å². The number of ether oxygens (including phenoxy) is 4. The molecule has 0 bridgehead atoms. The summed E-state index contributed by atoms with van der Waals surface area (Å²) in [5.41, 5.74) is 1.32. The first-order valence-corrected chi connectivity index (χ1v) is 11.2. The number of nitrogens with zero attached hydrogens (tertiary/aromatic N) is 2. The Labute approximate surface area is 207 Å². The smallest absolute Gasteiger partial charge is 0.227 e. The number of halogens is 1. The van der Waals surface area contributed by atoms with E-state index in [1.165, 1.54) is 50.5 Å². The number of aromatic nitrogens is 1. The third-order valence-electron chi connectivity index (χ3n) is 5.76. The molecule has 0 radical (unpaired) electrons. The number of benzene rings is 2. The molecule has 1 aromatic heterocycles. The van der Waals surface area contributed by atoms with Gasteiger partial charge in [0.05, 0.1) is 32.9 Å². The van der Waals surface area contributed by atoms with Gasteiger partial charge in [-0.2, -0.15) is 0 Å². The van der Waals surface area contributed by atoms with Crippen LogP contribution in [0.5, 0.6) is 28.9 Å². The fourth-order valence-electron chi connectivity index (χ4n) is 3.93. The summed E-state index contributed by atoms with van der Waals surface area (Å²) in [6.45, 7) is 0.453. The van der Waals surface area contributed by atoms with Crippen LogP contribution in [0.25, 0.3) is 0 Å². The Balaban J connectivity index is 1.39. The van der Waals surface area contributed by atoms with Gasteiger partial charge in [0.1, 0.15) is 11.6 Å². The van der Waals surface area contributed by atoms with Gasteiger partial charge in [0, 0.05) is 43.9 Å². The fourth-order valence-corrected chi connectivity index (χ4v) is 3.93. The van der Waals surface area contributed by atoms with Gasteiger partial charge < -0.3 is 29.2 Å².